The minimum Gasteiger partial charge on any atom is -0.462 e. The molecule has 0 spiro atoms. The lowest BCUT2D eigenvalue weighted by atomic mass is 9.96. The normalized spacial score (nSPS) is 24.3. The highest BCUT2D eigenvalue weighted by molar-refractivity contribution is 8.09. The highest BCUT2D eigenvalue weighted by Crippen LogP contribution is 2.50. The SMILES string of the molecule is CC(C)OC(=O)[C@H](C)NP(=S)(OC[C@@]1(C(F)F)O[C@@H](n2cc(F)c(=O)[nH]c2=O)[C@@H](O)[C@@H]1O)Oc1cccc2ccccc12. The van der Waals surface area contributed by atoms with Crippen LogP contribution in [-0.4, -0.2) is 68.7 Å². The summed E-state index contributed by atoms with van der Waals surface area (Å²) >= 11 is 5.63. The van der Waals surface area contributed by atoms with Crippen LogP contribution in [0.1, 0.15) is 27.0 Å². The number of nitrogens with one attached hydrogen (secondary N) is 2. The van der Waals surface area contributed by atoms with Crippen molar-refractivity contribution >= 4 is 35.2 Å². The molecule has 0 saturated carbocycles. The number of ether oxygens (including phenoxy) is 2. The Morgan fingerprint density at radius 3 is 2.53 bits per heavy atom. The number of aliphatic hydroxyl groups is 2. The molecule has 17 heteroatoms. The average molecular weight is 648 g/mol. The minimum absolute atomic E-state index is 0.186. The first-order valence-corrected chi connectivity index (χ1v) is 15.5. The van der Waals surface area contributed by atoms with E-state index < -0.39 is 78.9 Å². The zero-order valence-electron chi connectivity index (χ0n) is 23.0. The van der Waals surface area contributed by atoms with Crippen molar-refractivity contribution in [2.45, 2.75) is 63.4 Å². The Morgan fingerprint density at radius 2 is 1.86 bits per heavy atom. The Hall–Kier alpha value is -3.11. The largest absolute Gasteiger partial charge is 0.462 e. The molecule has 6 atom stereocenters. The number of aliphatic hydroxyl groups excluding tert-OH is 2. The number of hydrogen-bond donors (Lipinski definition) is 4. The molecule has 4 rings (SSSR count). The van der Waals surface area contributed by atoms with Gasteiger partial charge in [-0.1, -0.05) is 36.4 Å². The van der Waals surface area contributed by atoms with Crippen LogP contribution in [0.15, 0.2) is 58.3 Å². The fourth-order valence-corrected chi connectivity index (χ4v) is 6.77. The summed E-state index contributed by atoms with van der Waals surface area (Å²) in [6.07, 6.45) is -10.4. The molecule has 4 N–H and O–H groups in total. The summed E-state index contributed by atoms with van der Waals surface area (Å²) in [5, 5.41) is 25.4. The maximum atomic E-state index is 14.6. The van der Waals surface area contributed by atoms with Crippen LogP contribution in [-0.2, 0) is 30.6 Å². The van der Waals surface area contributed by atoms with Gasteiger partial charge in [0.05, 0.1) is 18.9 Å². The molecule has 43 heavy (non-hydrogen) atoms. The maximum absolute atomic E-state index is 14.6. The van der Waals surface area contributed by atoms with Crippen LogP contribution in [0.3, 0.4) is 0 Å². The summed E-state index contributed by atoms with van der Waals surface area (Å²) in [4.78, 5) is 37.9. The van der Waals surface area contributed by atoms with Gasteiger partial charge in [-0.15, -0.1) is 0 Å². The van der Waals surface area contributed by atoms with E-state index in [0.717, 1.165) is 5.39 Å². The molecular formula is C26H29F3N3O9PS. The van der Waals surface area contributed by atoms with E-state index in [4.69, 9.17) is 30.3 Å². The molecule has 3 aromatic rings. The van der Waals surface area contributed by atoms with Crippen molar-refractivity contribution in [1.82, 2.24) is 14.6 Å². The van der Waals surface area contributed by atoms with Gasteiger partial charge in [0.2, 0.25) is 5.82 Å². The monoisotopic (exact) mass is 647 g/mol. The minimum atomic E-state index is -4.00. The molecular weight excluding hydrogens is 618 g/mol. The number of aromatic nitrogens is 2. The van der Waals surface area contributed by atoms with Crippen LogP contribution in [0.25, 0.3) is 10.8 Å². The molecule has 0 aliphatic carbocycles. The number of fused-ring (bicyclic) bond motifs is 1. The number of aromatic amines is 1. The fourth-order valence-electron chi connectivity index (χ4n) is 4.35. The van der Waals surface area contributed by atoms with Crippen LogP contribution >= 0.6 is 6.64 Å². The van der Waals surface area contributed by atoms with E-state index in [2.05, 4.69) is 5.09 Å². The highest BCUT2D eigenvalue weighted by atomic mass is 32.5. The second-order valence-electron chi connectivity index (χ2n) is 10.0. The first-order chi connectivity index (χ1) is 20.2. The molecule has 1 aromatic heterocycles. The van der Waals surface area contributed by atoms with Crippen LogP contribution in [0.4, 0.5) is 13.2 Å². The van der Waals surface area contributed by atoms with E-state index in [1.165, 1.54) is 6.92 Å². The van der Waals surface area contributed by atoms with Crippen LogP contribution in [0.5, 0.6) is 5.75 Å². The molecule has 2 heterocycles. The first-order valence-electron chi connectivity index (χ1n) is 12.9. The lowest BCUT2D eigenvalue weighted by molar-refractivity contribution is -0.192. The van der Waals surface area contributed by atoms with Gasteiger partial charge in [-0.25, -0.2) is 18.7 Å². The lowest BCUT2D eigenvalue weighted by Crippen LogP contribution is -2.53. The van der Waals surface area contributed by atoms with Gasteiger partial charge in [-0.3, -0.25) is 19.1 Å². The Balaban J connectivity index is 1.69. The lowest BCUT2D eigenvalue weighted by Gasteiger charge is -2.34. The molecule has 0 bridgehead atoms. The summed E-state index contributed by atoms with van der Waals surface area (Å²) in [5.74, 6) is -2.03. The average Bonchev–Trinajstić information content (AvgIpc) is 3.20. The number of carbonyl (C=O) groups is 1. The fraction of sp³-hybridized carbons (Fsp3) is 0.423. The van der Waals surface area contributed by atoms with Crippen molar-refractivity contribution in [2.24, 2.45) is 0 Å². The van der Waals surface area contributed by atoms with Gasteiger partial charge < -0.3 is 28.7 Å². The van der Waals surface area contributed by atoms with Gasteiger partial charge >= 0.3 is 18.3 Å². The number of alkyl halides is 2. The summed E-state index contributed by atoms with van der Waals surface area (Å²) in [5.41, 5.74) is -5.71. The standard InChI is InChI=1S/C26H29F3N3O9PS/c1-13(2)39-23(36)14(3)31-42(43,41-18-10-6-8-15-7-4-5-9-16(15)18)38-12-26(24(28)29)20(34)19(33)22(40-26)32-11-17(27)21(35)30-25(32)37/h4-11,13-14,19-20,22,24,33-34H,12H2,1-3H3,(H,31,43)(H,30,35,37)/t14-,19-,20-,22+,26+,42?/m0/s1. The number of esters is 1. The Kier molecular flexibility index (Phi) is 9.81. The van der Waals surface area contributed by atoms with E-state index in [-0.39, 0.29) is 5.75 Å². The van der Waals surface area contributed by atoms with Crippen molar-refractivity contribution in [1.29, 1.82) is 0 Å². The first kappa shape index (κ1) is 32.8. The topological polar surface area (TPSA) is 161 Å². The molecule has 1 unspecified atom stereocenters. The van der Waals surface area contributed by atoms with Gasteiger partial charge in [0.25, 0.3) is 12.0 Å². The Morgan fingerprint density at radius 1 is 1.19 bits per heavy atom. The molecule has 1 fully saturated rings. The van der Waals surface area contributed by atoms with Crippen molar-refractivity contribution in [2.75, 3.05) is 6.61 Å². The number of halogens is 3. The predicted octanol–water partition coefficient (Wildman–Crippen LogP) is 2.33. The van der Waals surface area contributed by atoms with Crippen molar-refractivity contribution in [3.05, 3.63) is 75.3 Å². The number of carbonyl (C=O) groups excluding carboxylic acids is 1. The zero-order chi connectivity index (χ0) is 31.7. The summed E-state index contributed by atoms with van der Waals surface area (Å²) in [6, 6.07) is 10.9. The van der Waals surface area contributed by atoms with Crippen LogP contribution in [0.2, 0.25) is 0 Å². The number of rotatable bonds is 11. The van der Waals surface area contributed by atoms with E-state index in [1.54, 1.807) is 61.3 Å². The van der Waals surface area contributed by atoms with Crippen molar-refractivity contribution in [3.63, 3.8) is 0 Å². The zero-order valence-corrected chi connectivity index (χ0v) is 24.7. The molecule has 2 aromatic carbocycles. The van der Waals surface area contributed by atoms with Gasteiger partial charge in [0, 0.05) is 5.39 Å². The molecule has 1 aliphatic rings. The second-order valence-corrected chi connectivity index (χ2v) is 13.2. The van der Waals surface area contributed by atoms with Gasteiger partial charge in [0.1, 0.15) is 24.0 Å². The number of H-pyrrole nitrogens is 1. The van der Waals surface area contributed by atoms with Crippen LogP contribution in [0, 0.1) is 5.82 Å². The van der Waals surface area contributed by atoms with E-state index >= 15 is 0 Å². The quantitative estimate of drug-likeness (QED) is 0.179. The van der Waals surface area contributed by atoms with Crippen molar-refractivity contribution < 1.29 is 46.7 Å². The molecule has 0 amide bonds. The van der Waals surface area contributed by atoms with E-state index in [1.807, 2.05) is 0 Å². The molecule has 12 nitrogen and oxygen atoms in total. The molecule has 0 radical (unpaired) electrons. The summed E-state index contributed by atoms with van der Waals surface area (Å²) in [6.45, 7) is -0.583. The summed E-state index contributed by atoms with van der Waals surface area (Å²) in [7, 11) is 0. The van der Waals surface area contributed by atoms with Gasteiger partial charge in [-0.05, 0) is 44.0 Å². The number of benzene rings is 2. The number of hydrogen-bond acceptors (Lipinski definition) is 10. The number of nitrogens with zero attached hydrogens (tertiary/aromatic N) is 1. The Bertz CT molecular complexity index is 1650. The molecule has 234 valence electrons. The third-order valence-corrected chi connectivity index (χ3v) is 8.98. The molecule has 1 saturated heterocycles. The predicted molar refractivity (Wildman–Crippen MR) is 151 cm³/mol. The smallest absolute Gasteiger partial charge is 0.330 e. The molecule has 1 aliphatic heterocycles. The summed E-state index contributed by atoms with van der Waals surface area (Å²) < 4.78 is 65.8. The maximum Gasteiger partial charge on any atom is 0.330 e. The second kappa shape index (κ2) is 12.9. The van der Waals surface area contributed by atoms with Gasteiger partial charge in [0.15, 0.2) is 11.8 Å². The van der Waals surface area contributed by atoms with Crippen LogP contribution < -0.4 is 20.9 Å². The van der Waals surface area contributed by atoms with E-state index in [0.29, 0.717) is 16.2 Å². The van der Waals surface area contributed by atoms with E-state index in [9.17, 15) is 37.8 Å². The highest BCUT2D eigenvalue weighted by Gasteiger charge is 2.61. The van der Waals surface area contributed by atoms with Gasteiger partial charge in [-0.2, -0.15) is 4.39 Å². The van der Waals surface area contributed by atoms with Crippen molar-refractivity contribution in [3.8, 4) is 5.75 Å². The third kappa shape index (κ3) is 6.85. The third-order valence-electron chi connectivity index (χ3n) is 6.51. The Labute approximate surface area is 247 Å².